The highest BCUT2D eigenvalue weighted by atomic mass is 16.5. The molecule has 0 amide bonds. The Balaban J connectivity index is 2.71. The Morgan fingerprint density at radius 1 is 1.33 bits per heavy atom. The third kappa shape index (κ3) is 2.86. The molecule has 0 fully saturated rings. The van der Waals surface area contributed by atoms with Gasteiger partial charge in [-0.15, -0.1) is 0 Å². The highest BCUT2D eigenvalue weighted by Gasteiger charge is 2.19. The highest BCUT2D eigenvalue weighted by molar-refractivity contribution is 6.20. The van der Waals surface area contributed by atoms with E-state index in [2.05, 4.69) is 9.84 Å². The molecule has 0 aliphatic rings. The maximum Gasteiger partial charge on any atom is 0.341 e. The average molecular weight is 286 g/mol. The number of hydrogen-bond donors (Lipinski definition) is 0. The molecule has 0 atom stereocenters. The second-order valence-corrected chi connectivity index (χ2v) is 5.09. The SMILES string of the molecule is COC(=O)/C(=C\c1c(C(C)C)nn2ccccc12)C(C)=O. The summed E-state index contributed by atoms with van der Waals surface area (Å²) >= 11 is 0. The molecule has 0 aliphatic heterocycles. The second-order valence-electron chi connectivity index (χ2n) is 5.09. The monoisotopic (exact) mass is 286 g/mol. The number of carbonyl (C=O) groups is 2. The van der Waals surface area contributed by atoms with Gasteiger partial charge in [-0.1, -0.05) is 19.9 Å². The van der Waals surface area contributed by atoms with Crippen LogP contribution in [0.4, 0.5) is 0 Å². The topological polar surface area (TPSA) is 60.7 Å². The molecule has 21 heavy (non-hydrogen) atoms. The van der Waals surface area contributed by atoms with Gasteiger partial charge in [0.15, 0.2) is 5.78 Å². The van der Waals surface area contributed by atoms with Crippen LogP contribution in [-0.4, -0.2) is 28.5 Å². The minimum atomic E-state index is -0.632. The lowest BCUT2D eigenvalue weighted by atomic mass is 10.0. The van der Waals surface area contributed by atoms with Gasteiger partial charge in [0.25, 0.3) is 0 Å². The smallest absolute Gasteiger partial charge is 0.341 e. The van der Waals surface area contributed by atoms with E-state index in [4.69, 9.17) is 0 Å². The van der Waals surface area contributed by atoms with Crippen molar-refractivity contribution < 1.29 is 14.3 Å². The molecule has 2 rings (SSSR count). The summed E-state index contributed by atoms with van der Waals surface area (Å²) in [5.74, 6) is -0.790. The standard InChI is InChI=1S/C16H18N2O3/c1-10(2)15-13(9-12(11(3)19)16(20)21-4)14-7-5-6-8-18(14)17-15/h5-10H,1-4H3/b12-9-. The molecule has 2 aromatic heterocycles. The molecule has 0 unspecified atom stereocenters. The zero-order valence-corrected chi connectivity index (χ0v) is 12.6. The summed E-state index contributed by atoms with van der Waals surface area (Å²) in [5.41, 5.74) is 2.49. The maximum atomic E-state index is 11.8. The first-order valence-corrected chi connectivity index (χ1v) is 6.74. The lowest BCUT2D eigenvalue weighted by Gasteiger charge is -2.04. The Labute approximate surface area is 123 Å². The zero-order chi connectivity index (χ0) is 15.6. The molecule has 2 aromatic rings. The van der Waals surface area contributed by atoms with Crippen LogP contribution >= 0.6 is 0 Å². The number of esters is 1. The van der Waals surface area contributed by atoms with Crippen molar-refractivity contribution in [2.75, 3.05) is 7.11 Å². The Bertz CT molecular complexity index is 726. The zero-order valence-electron chi connectivity index (χ0n) is 12.6. The highest BCUT2D eigenvalue weighted by Crippen LogP contribution is 2.25. The summed E-state index contributed by atoms with van der Waals surface area (Å²) in [7, 11) is 1.26. The normalized spacial score (nSPS) is 12.0. The number of ketones is 1. The van der Waals surface area contributed by atoms with Crippen LogP contribution in [0.25, 0.3) is 11.6 Å². The van der Waals surface area contributed by atoms with Crippen LogP contribution in [0.1, 0.15) is 37.9 Å². The van der Waals surface area contributed by atoms with Gasteiger partial charge in [-0.25, -0.2) is 9.31 Å². The first-order chi connectivity index (χ1) is 9.95. The van der Waals surface area contributed by atoms with Crippen LogP contribution in [-0.2, 0) is 14.3 Å². The van der Waals surface area contributed by atoms with Crippen molar-refractivity contribution in [2.45, 2.75) is 26.7 Å². The largest absolute Gasteiger partial charge is 0.465 e. The Hall–Kier alpha value is -2.43. The summed E-state index contributed by atoms with van der Waals surface area (Å²) < 4.78 is 6.43. The van der Waals surface area contributed by atoms with Crippen LogP contribution in [0.5, 0.6) is 0 Å². The van der Waals surface area contributed by atoms with E-state index in [-0.39, 0.29) is 17.3 Å². The molecule has 0 radical (unpaired) electrons. The van der Waals surface area contributed by atoms with Crippen molar-refractivity contribution in [1.82, 2.24) is 9.61 Å². The summed E-state index contributed by atoms with van der Waals surface area (Å²) in [6.45, 7) is 5.39. The Morgan fingerprint density at radius 3 is 2.62 bits per heavy atom. The molecule has 0 bridgehead atoms. The van der Waals surface area contributed by atoms with Crippen molar-refractivity contribution in [2.24, 2.45) is 0 Å². The number of hydrogen-bond acceptors (Lipinski definition) is 4. The van der Waals surface area contributed by atoms with Crippen LogP contribution < -0.4 is 0 Å². The quantitative estimate of drug-likeness (QED) is 0.375. The molecule has 0 aliphatic carbocycles. The Morgan fingerprint density at radius 2 is 2.05 bits per heavy atom. The minimum absolute atomic E-state index is 0.0261. The molecule has 0 saturated carbocycles. The van der Waals surface area contributed by atoms with Gasteiger partial charge < -0.3 is 4.74 Å². The summed E-state index contributed by atoms with van der Waals surface area (Å²) in [4.78, 5) is 23.4. The predicted octanol–water partition coefficient (Wildman–Crippen LogP) is 2.60. The van der Waals surface area contributed by atoms with Crippen molar-refractivity contribution in [1.29, 1.82) is 0 Å². The fourth-order valence-electron chi connectivity index (χ4n) is 2.17. The van der Waals surface area contributed by atoms with E-state index in [0.717, 1.165) is 16.8 Å². The molecule has 0 spiro atoms. The maximum absolute atomic E-state index is 11.8. The lowest BCUT2D eigenvalue weighted by molar-refractivity contribution is -0.137. The van der Waals surface area contributed by atoms with Gasteiger partial charge in [0.2, 0.25) is 0 Å². The van der Waals surface area contributed by atoms with Crippen molar-refractivity contribution >= 4 is 23.3 Å². The first kappa shape index (κ1) is 15.0. The molecule has 0 aromatic carbocycles. The van der Waals surface area contributed by atoms with Crippen LogP contribution in [0, 0.1) is 0 Å². The molecule has 0 N–H and O–H groups in total. The van der Waals surface area contributed by atoms with Gasteiger partial charge in [0.1, 0.15) is 5.57 Å². The average Bonchev–Trinajstić information content (AvgIpc) is 2.82. The predicted molar refractivity (Wildman–Crippen MR) is 80.0 cm³/mol. The van der Waals surface area contributed by atoms with Crippen molar-refractivity contribution in [3.05, 3.63) is 41.2 Å². The van der Waals surface area contributed by atoms with E-state index in [9.17, 15) is 9.59 Å². The van der Waals surface area contributed by atoms with Gasteiger partial charge in [0, 0.05) is 11.8 Å². The molecule has 2 heterocycles. The fourth-order valence-corrected chi connectivity index (χ4v) is 2.17. The van der Waals surface area contributed by atoms with E-state index >= 15 is 0 Å². The van der Waals surface area contributed by atoms with Gasteiger partial charge in [-0.2, -0.15) is 5.10 Å². The number of methoxy groups -OCH3 is 1. The Kier molecular flexibility index (Phi) is 4.21. The third-order valence-corrected chi connectivity index (χ3v) is 3.23. The molecule has 5 heteroatoms. The number of fused-ring (bicyclic) bond motifs is 1. The van der Waals surface area contributed by atoms with Gasteiger partial charge >= 0.3 is 5.97 Å². The van der Waals surface area contributed by atoms with E-state index < -0.39 is 5.97 Å². The van der Waals surface area contributed by atoms with Gasteiger partial charge in [-0.3, -0.25) is 4.79 Å². The van der Waals surface area contributed by atoms with Crippen LogP contribution in [0.15, 0.2) is 30.0 Å². The summed E-state index contributed by atoms with van der Waals surface area (Å²) in [5, 5.41) is 4.52. The van der Waals surface area contributed by atoms with E-state index in [1.807, 2.05) is 38.2 Å². The number of rotatable bonds is 4. The lowest BCUT2D eigenvalue weighted by Crippen LogP contribution is -2.11. The van der Waals surface area contributed by atoms with Crippen molar-refractivity contribution in [3.63, 3.8) is 0 Å². The molecular formula is C16H18N2O3. The number of nitrogens with zero attached hydrogens (tertiary/aromatic N) is 2. The number of aromatic nitrogens is 2. The molecule has 110 valence electrons. The number of Topliss-reactive ketones (excluding diaryl/α,β-unsaturated/α-hetero) is 1. The van der Waals surface area contributed by atoms with Crippen LogP contribution in [0.3, 0.4) is 0 Å². The first-order valence-electron chi connectivity index (χ1n) is 6.74. The van der Waals surface area contributed by atoms with E-state index in [0.29, 0.717) is 0 Å². The summed E-state index contributed by atoms with van der Waals surface area (Å²) in [6, 6.07) is 5.67. The fraction of sp³-hybridized carbons (Fsp3) is 0.312. The number of ether oxygens (including phenoxy) is 1. The van der Waals surface area contributed by atoms with Crippen molar-refractivity contribution in [3.8, 4) is 0 Å². The third-order valence-electron chi connectivity index (χ3n) is 3.23. The van der Waals surface area contributed by atoms with E-state index in [1.165, 1.54) is 14.0 Å². The van der Waals surface area contributed by atoms with E-state index in [1.54, 1.807) is 10.6 Å². The van der Waals surface area contributed by atoms with Gasteiger partial charge in [0.05, 0.1) is 18.3 Å². The second kappa shape index (κ2) is 5.91. The number of carbonyl (C=O) groups excluding carboxylic acids is 2. The minimum Gasteiger partial charge on any atom is -0.465 e. The molecule has 0 saturated heterocycles. The number of pyridine rings is 1. The van der Waals surface area contributed by atoms with Crippen LogP contribution in [0.2, 0.25) is 0 Å². The molecule has 5 nitrogen and oxygen atoms in total. The summed E-state index contributed by atoms with van der Waals surface area (Å²) in [6.07, 6.45) is 3.41. The van der Waals surface area contributed by atoms with Gasteiger partial charge in [-0.05, 0) is 31.1 Å². The molecular weight excluding hydrogens is 268 g/mol.